The van der Waals surface area contributed by atoms with Crippen LogP contribution in [-0.4, -0.2) is 36.4 Å². The van der Waals surface area contributed by atoms with Gasteiger partial charge in [-0.2, -0.15) is 0 Å². The number of aromatic amines is 1. The summed E-state index contributed by atoms with van der Waals surface area (Å²) in [6.07, 6.45) is 5.25. The Morgan fingerprint density at radius 2 is 2.00 bits per heavy atom. The standard InChI is InChI=1S/C20H21N5O4S/c26-25(27)19-13-17(30(28,29)23-16-6-2-1-3-7-16)8-9-18(19)24-12-4-5-15(14-24)20-21-10-11-22-20/h1-3,6-11,13,15,23H,4-5,12,14H2,(H,21,22). The fraction of sp³-hybridized carbons (Fsp3) is 0.250. The van der Waals surface area contributed by atoms with E-state index < -0.39 is 14.9 Å². The van der Waals surface area contributed by atoms with Crippen molar-refractivity contribution >= 4 is 27.1 Å². The van der Waals surface area contributed by atoms with Gasteiger partial charge in [0.1, 0.15) is 11.5 Å². The Morgan fingerprint density at radius 1 is 1.20 bits per heavy atom. The smallest absolute Gasteiger partial charge is 0.293 e. The van der Waals surface area contributed by atoms with Gasteiger partial charge in [-0.25, -0.2) is 13.4 Å². The van der Waals surface area contributed by atoms with Crippen molar-refractivity contribution in [2.75, 3.05) is 22.7 Å². The molecule has 1 unspecified atom stereocenters. The molecule has 0 radical (unpaired) electrons. The minimum absolute atomic E-state index is 0.136. The molecule has 30 heavy (non-hydrogen) atoms. The van der Waals surface area contributed by atoms with Crippen LogP contribution in [0.5, 0.6) is 0 Å². The van der Waals surface area contributed by atoms with E-state index in [-0.39, 0.29) is 16.5 Å². The van der Waals surface area contributed by atoms with Crippen molar-refractivity contribution in [3.8, 4) is 0 Å². The third-order valence-corrected chi connectivity index (χ3v) is 6.53. The summed E-state index contributed by atoms with van der Waals surface area (Å²) in [6.45, 7) is 1.23. The maximum Gasteiger partial charge on any atom is 0.293 e. The van der Waals surface area contributed by atoms with Crippen LogP contribution in [0.1, 0.15) is 24.6 Å². The highest BCUT2D eigenvalue weighted by atomic mass is 32.2. The first-order chi connectivity index (χ1) is 14.4. The number of nitrogens with one attached hydrogen (secondary N) is 2. The second kappa shape index (κ2) is 8.15. The van der Waals surface area contributed by atoms with Gasteiger partial charge in [0.2, 0.25) is 0 Å². The molecule has 0 spiro atoms. The third kappa shape index (κ3) is 4.13. The van der Waals surface area contributed by atoms with E-state index in [9.17, 15) is 18.5 Å². The highest BCUT2D eigenvalue weighted by molar-refractivity contribution is 7.92. The number of aromatic nitrogens is 2. The molecule has 2 N–H and O–H groups in total. The number of nitrogens with zero attached hydrogens (tertiary/aromatic N) is 3. The number of para-hydroxylation sites is 1. The average Bonchev–Trinajstić information content (AvgIpc) is 3.29. The molecule has 0 bridgehead atoms. The lowest BCUT2D eigenvalue weighted by Gasteiger charge is -2.33. The van der Waals surface area contributed by atoms with Gasteiger partial charge in [-0.1, -0.05) is 18.2 Å². The predicted molar refractivity (Wildman–Crippen MR) is 113 cm³/mol. The summed E-state index contributed by atoms with van der Waals surface area (Å²) < 4.78 is 27.9. The van der Waals surface area contributed by atoms with Crippen molar-refractivity contribution < 1.29 is 13.3 Å². The van der Waals surface area contributed by atoms with E-state index in [0.717, 1.165) is 24.7 Å². The highest BCUT2D eigenvalue weighted by Gasteiger charge is 2.29. The molecule has 4 rings (SSSR count). The van der Waals surface area contributed by atoms with Crippen LogP contribution >= 0.6 is 0 Å². The van der Waals surface area contributed by atoms with Gasteiger partial charge in [-0.15, -0.1) is 0 Å². The molecule has 3 aromatic rings. The molecule has 1 fully saturated rings. The molecule has 1 atom stereocenters. The Labute approximate surface area is 174 Å². The molecular weight excluding hydrogens is 406 g/mol. The van der Waals surface area contributed by atoms with Crippen LogP contribution in [-0.2, 0) is 10.0 Å². The van der Waals surface area contributed by atoms with Gasteiger partial charge < -0.3 is 9.88 Å². The Bertz CT molecular complexity index is 1130. The number of nitro benzene ring substituents is 1. The van der Waals surface area contributed by atoms with Crippen molar-refractivity contribution in [2.24, 2.45) is 0 Å². The van der Waals surface area contributed by atoms with Gasteiger partial charge >= 0.3 is 0 Å². The Balaban J connectivity index is 1.63. The molecule has 0 amide bonds. The first kappa shape index (κ1) is 19.9. The maximum absolute atomic E-state index is 12.7. The fourth-order valence-corrected chi connectivity index (χ4v) is 4.80. The molecule has 10 heteroatoms. The van der Waals surface area contributed by atoms with Crippen LogP contribution in [0, 0.1) is 10.1 Å². The zero-order valence-corrected chi connectivity index (χ0v) is 16.9. The summed E-state index contributed by atoms with van der Waals surface area (Å²) in [6, 6.07) is 12.4. The Morgan fingerprint density at radius 3 is 2.70 bits per heavy atom. The minimum Gasteiger partial charge on any atom is -0.365 e. The molecule has 1 aliphatic rings. The predicted octanol–water partition coefficient (Wildman–Crippen LogP) is 3.50. The largest absolute Gasteiger partial charge is 0.365 e. The normalized spacial score (nSPS) is 16.9. The summed E-state index contributed by atoms with van der Waals surface area (Å²) in [4.78, 5) is 20.4. The van der Waals surface area contributed by atoms with Crippen molar-refractivity contribution in [3.05, 3.63) is 76.9 Å². The monoisotopic (exact) mass is 427 g/mol. The van der Waals surface area contributed by atoms with E-state index in [2.05, 4.69) is 14.7 Å². The molecule has 1 aromatic heterocycles. The van der Waals surface area contributed by atoms with E-state index in [1.807, 2.05) is 4.90 Å². The van der Waals surface area contributed by atoms with Crippen molar-refractivity contribution in [1.82, 2.24) is 9.97 Å². The average molecular weight is 427 g/mol. The summed E-state index contributed by atoms with van der Waals surface area (Å²) in [5.74, 6) is 0.991. The number of rotatable bonds is 6. The van der Waals surface area contributed by atoms with Crippen LogP contribution in [0.4, 0.5) is 17.1 Å². The lowest BCUT2D eigenvalue weighted by Crippen LogP contribution is -2.35. The minimum atomic E-state index is -3.95. The lowest BCUT2D eigenvalue weighted by molar-refractivity contribution is -0.384. The second-order valence-corrected chi connectivity index (χ2v) is 8.82. The molecule has 2 heterocycles. The summed E-state index contributed by atoms with van der Waals surface area (Å²) in [5.41, 5.74) is 0.572. The zero-order chi connectivity index (χ0) is 21.1. The van der Waals surface area contributed by atoms with Crippen molar-refractivity contribution in [2.45, 2.75) is 23.7 Å². The van der Waals surface area contributed by atoms with Gasteiger partial charge in [-0.05, 0) is 37.1 Å². The maximum atomic E-state index is 12.7. The van der Waals surface area contributed by atoms with Crippen molar-refractivity contribution in [3.63, 3.8) is 0 Å². The summed E-state index contributed by atoms with van der Waals surface area (Å²) in [5, 5.41) is 11.8. The summed E-state index contributed by atoms with van der Waals surface area (Å²) >= 11 is 0. The van der Waals surface area contributed by atoms with Crippen LogP contribution < -0.4 is 9.62 Å². The number of sulfonamides is 1. The molecule has 1 aliphatic heterocycles. The molecule has 2 aromatic carbocycles. The van der Waals surface area contributed by atoms with Crippen LogP contribution in [0.3, 0.4) is 0 Å². The number of nitro groups is 1. The molecule has 156 valence electrons. The number of benzene rings is 2. The Kier molecular flexibility index (Phi) is 5.40. The van der Waals surface area contributed by atoms with Gasteiger partial charge in [-0.3, -0.25) is 14.8 Å². The molecule has 9 nitrogen and oxygen atoms in total. The van der Waals surface area contributed by atoms with E-state index in [1.165, 1.54) is 12.1 Å². The van der Waals surface area contributed by atoms with E-state index in [4.69, 9.17) is 0 Å². The zero-order valence-electron chi connectivity index (χ0n) is 16.1. The lowest BCUT2D eigenvalue weighted by atomic mass is 9.96. The van der Waals surface area contributed by atoms with E-state index >= 15 is 0 Å². The number of H-pyrrole nitrogens is 1. The fourth-order valence-electron chi connectivity index (χ4n) is 3.72. The quantitative estimate of drug-likeness (QED) is 0.459. The van der Waals surface area contributed by atoms with E-state index in [0.29, 0.717) is 24.5 Å². The van der Waals surface area contributed by atoms with E-state index in [1.54, 1.807) is 42.7 Å². The number of hydrogen-bond donors (Lipinski definition) is 2. The number of anilines is 2. The molecule has 0 saturated carbocycles. The van der Waals surface area contributed by atoms with Crippen LogP contribution in [0.15, 0.2) is 65.8 Å². The topological polar surface area (TPSA) is 121 Å². The van der Waals surface area contributed by atoms with Gasteiger partial charge in [0, 0.05) is 43.2 Å². The second-order valence-electron chi connectivity index (χ2n) is 7.14. The van der Waals surface area contributed by atoms with Gasteiger partial charge in [0.15, 0.2) is 0 Å². The van der Waals surface area contributed by atoms with Gasteiger partial charge in [0.05, 0.1) is 9.82 Å². The highest BCUT2D eigenvalue weighted by Crippen LogP contribution is 2.35. The molecule has 1 saturated heterocycles. The molecular formula is C20H21N5O4S. The number of hydrogen-bond acceptors (Lipinski definition) is 6. The first-order valence-electron chi connectivity index (χ1n) is 9.54. The third-order valence-electron chi connectivity index (χ3n) is 5.15. The Hall–Kier alpha value is -3.40. The number of piperidine rings is 1. The van der Waals surface area contributed by atoms with Gasteiger partial charge in [0.25, 0.3) is 15.7 Å². The molecule has 0 aliphatic carbocycles. The SMILES string of the molecule is O=[N+]([O-])c1cc(S(=O)(=O)Nc2ccccc2)ccc1N1CCCC(c2ncc[nH]2)C1. The van der Waals surface area contributed by atoms with Crippen molar-refractivity contribution in [1.29, 1.82) is 0 Å². The number of imidazole rings is 1. The van der Waals surface area contributed by atoms with Crippen LogP contribution in [0.25, 0.3) is 0 Å². The van der Waals surface area contributed by atoms with Crippen LogP contribution in [0.2, 0.25) is 0 Å². The first-order valence-corrected chi connectivity index (χ1v) is 11.0. The summed E-state index contributed by atoms with van der Waals surface area (Å²) in [7, 11) is -3.95.